The number of carbonyl (C=O) groups is 1. The van der Waals surface area contributed by atoms with E-state index in [0.717, 1.165) is 147 Å². The van der Waals surface area contributed by atoms with E-state index in [9.17, 15) is 35.4 Å². The number of fused-ring (bicyclic) bond motifs is 27. The van der Waals surface area contributed by atoms with E-state index in [2.05, 4.69) is 412 Å². The topological polar surface area (TPSA) is 187 Å². The number of nitrogens with one attached hydrogen (secondary N) is 1. The molecule has 24 rings (SSSR count). The molecule has 0 amide bonds. The predicted octanol–water partition coefficient (Wildman–Crippen LogP) is 31.9. The maximum absolute atomic E-state index is 11.9. The number of carbonyl (C=O) groups excluding carboxylic acids is 1. The van der Waals surface area contributed by atoms with Gasteiger partial charge in [-0.25, -0.2) is 0 Å². The fourth-order valence-electron chi connectivity index (χ4n) is 22.9. The van der Waals surface area contributed by atoms with E-state index in [0.29, 0.717) is 45.4 Å². The molecule has 29 heteroatoms. The summed E-state index contributed by atoms with van der Waals surface area (Å²) >= 11 is 49.8. The zero-order chi connectivity index (χ0) is 103. The van der Waals surface area contributed by atoms with Crippen LogP contribution in [0.2, 0.25) is 6.82 Å². The summed E-state index contributed by atoms with van der Waals surface area (Å²) in [4.78, 5) is 14.1. The maximum Gasteiger partial charge on any atom is 0.376 e. The fraction of sp³-hybridized carbons (Fsp3) is 0.254. The molecular weight excluding hydrogens is 2710 g/mol. The van der Waals surface area contributed by atoms with Crippen LogP contribution in [0.3, 0.4) is 0 Å². The Hall–Kier alpha value is -5.63. The Bertz CT molecular complexity index is 7350. The van der Waals surface area contributed by atoms with Crippen LogP contribution in [0, 0.1) is 0 Å². The van der Waals surface area contributed by atoms with Gasteiger partial charge in [0.2, 0.25) is 0 Å². The lowest BCUT2D eigenvalue weighted by Crippen LogP contribution is -2.48. The molecule has 3 fully saturated rings. The van der Waals surface area contributed by atoms with Crippen LogP contribution < -0.4 is 5.32 Å². The van der Waals surface area contributed by atoms with Gasteiger partial charge in [-0.15, -0.1) is 0 Å². The number of hydrogen-bond donors (Lipinski definition) is 7. The van der Waals surface area contributed by atoms with Crippen molar-refractivity contribution in [2.24, 2.45) is 0 Å². The first-order valence-corrected chi connectivity index (χ1v) is 58.2. The molecule has 3 spiro atoms. The Morgan fingerprint density at radius 1 is 0.364 bits per heavy atom. The molecule has 14 nitrogen and oxygen atoms in total. The highest BCUT2D eigenvalue weighted by atomic mass is 79.9. The summed E-state index contributed by atoms with van der Waals surface area (Å²) in [6.45, 7) is 9.87. The van der Waals surface area contributed by atoms with Gasteiger partial charge in [-0.3, -0.25) is 4.79 Å². The van der Waals surface area contributed by atoms with Crippen molar-refractivity contribution < 1.29 is 48.9 Å². The summed E-state index contributed by atoms with van der Waals surface area (Å²) in [5.74, 6) is -0.226. The maximum atomic E-state index is 11.9. The van der Waals surface area contributed by atoms with E-state index in [1.54, 1.807) is 0 Å². The Morgan fingerprint density at radius 2 is 0.622 bits per heavy atom. The summed E-state index contributed by atoms with van der Waals surface area (Å²) in [7, 11) is -2.72. The molecule has 143 heavy (non-hydrogen) atoms. The number of aliphatic hydroxyl groups is 5. The first kappa shape index (κ1) is 103. The molecule has 2 aliphatic heterocycles. The third-order valence-electron chi connectivity index (χ3n) is 29.1. The Labute approximate surface area is 954 Å². The van der Waals surface area contributed by atoms with Crippen LogP contribution in [0.15, 0.2) is 317 Å². The number of aliphatic hydroxyl groups excluding tert-OH is 5. The van der Waals surface area contributed by atoms with Gasteiger partial charge in [0.15, 0.2) is 0 Å². The molecule has 3 aromatic heterocycles. The third kappa shape index (κ3) is 21.5. The smallest absolute Gasteiger partial charge is 0.376 e. The summed E-state index contributed by atoms with van der Waals surface area (Å²) in [5, 5.41) is 69.1. The van der Waals surface area contributed by atoms with Crippen LogP contribution in [0.25, 0.3) is 110 Å². The average molecular weight is 2820 g/mol. The van der Waals surface area contributed by atoms with Gasteiger partial charge >= 0.3 is 13.0 Å². The van der Waals surface area contributed by atoms with Crippen molar-refractivity contribution in [3.8, 4) is 44.5 Å². The molecule has 5 heterocycles. The van der Waals surface area contributed by atoms with Gasteiger partial charge in [-0.2, -0.15) is 0 Å². The number of ether oxygens (including phenoxy) is 2. The number of aromatic nitrogens is 3. The normalized spacial score (nSPS) is 16.6. The van der Waals surface area contributed by atoms with Gasteiger partial charge in [0.1, 0.15) is 6.54 Å². The molecule has 0 unspecified atom stereocenters. The molecule has 5 aliphatic carbocycles. The summed E-state index contributed by atoms with van der Waals surface area (Å²) in [5.41, 5.74) is 27.1. The van der Waals surface area contributed by atoms with Crippen LogP contribution in [0.1, 0.15) is 107 Å². The second kappa shape index (κ2) is 45.9. The predicted molar refractivity (Wildman–Crippen MR) is 634 cm³/mol. The highest BCUT2D eigenvalue weighted by molar-refractivity contribution is 9.12. The van der Waals surface area contributed by atoms with Crippen molar-refractivity contribution in [3.63, 3.8) is 0 Å². The zero-order valence-electron chi connectivity index (χ0n) is 80.6. The first-order chi connectivity index (χ1) is 70.0. The van der Waals surface area contributed by atoms with Gasteiger partial charge in [-0.05, 0) is 350 Å². The summed E-state index contributed by atoms with van der Waals surface area (Å²) in [6.07, 6.45) is 5.49. The molecule has 7 N–H and O–H groups in total. The third-order valence-corrected chi connectivity index (χ3v) is 36.0. The lowest BCUT2D eigenvalue weighted by Gasteiger charge is -2.41. The van der Waals surface area contributed by atoms with Crippen LogP contribution in [0.5, 0.6) is 0 Å². The van der Waals surface area contributed by atoms with Crippen molar-refractivity contribution in [2.45, 2.75) is 119 Å². The molecule has 736 valence electrons. The molecule has 7 aliphatic rings. The van der Waals surface area contributed by atoms with Gasteiger partial charge in [0.05, 0.1) is 69.2 Å². The number of benzene rings is 14. The highest BCUT2D eigenvalue weighted by Gasteiger charge is 2.53. The number of methoxy groups -OCH3 is 1. The van der Waals surface area contributed by atoms with Gasteiger partial charge in [0.25, 0.3) is 0 Å². The van der Waals surface area contributed by atoms with Crippen molar-refractivity contribution in [2.75, 3.05) is 66.3 Å². The minimum Gasteiger partial charge on any atom is -0.465 e. The molecule has 14 aromatic carbocycles. The first-order valence-electron chi connectivity index (χ1n) is 48.6. The van der Waals surface area contributed by atoms with E-state index >= 15 is 0 Å². The number of piperidine rings is 2. The van der Waals surface area contributed by atoms with Gasteiger partial charge in [0, 0.05) is 150 Å². The molecule has 17 aromatic rings. The lowest BCUT2D eigenvalue weighted by molar-refractivity contribution is -0.143. The Kier molecular flexibility index (Phi) is 33.1. The largest absolute Gasteiger partial charge is 0.465 e. The number of rotatable bonds is 13. The minimum atomic E-state index is -2.36. The molecular formula is C114H100BBr14N5O9. The quantitative estimate of drug-likeness (QED) is 0.0430. The average Bonchev–Trinajstić information content (AvgIpc) is 1.55. The van der Waals surface area contributed by atoms with Crippen LogP contribution in [-0.2, 0) is 55.6 Å². The van der Waals surface area contributed by atoms with E-state index in [1.807, 2.05) is 103 Å². The SMILES string of the molecule is Brc1ccc2c(c1)C1(CCNCC1)c1cc(Br)ccc1-2.CB(O)N1CCC2(CC1)c1cc(Br)ccc1-c1ccc(Br)cc12.CCOC(=O)Cn1c2cc(Br)ccc2c2ccc(Br)cc21.OCCC1(CCO)c2cc(Br)ccc2-c2ccc(Br)cc21.OCCn1c2cc(Br)ccc2c2ccc(Br)cc21.O[C@@H]1CC2(C[C@@H]1O)c1cc(Br)ccc1-c1ccc(Br)cc12.[2H]C([2H])([2H])OCCn1c2cc(Br)ccc2c2ccc(Br)cc21. The molecule has 0 radical (unpaired) electrons. The molecule has 2 atom stereocenters. The fourth-order valence-corrected chi connectivity index (χ4v) is 27.9. The Balaban J connectivity index is 0.000000112. The zero-order valence-corrected chi connectivity index (χ0v) is 99.8. The van der Waals surface area contributed by atoms with Crippen LogP contribution >= 0.6 is 223 Å². The summed E-state index contributed by atoms with van der Waals surface area (Å²) in [6, 6.07) is 89.0. The van der Waals surface area contributed by atoms with Gasteiger partial charge < -0.3 is 63.9 Å². The minimum absolute atomic E-state index is 0.0730. The number of esters is 1. The number of nitrogens with zero attached hydrogens (tertiary/aromatic N) is 4. The number of hydrogen-bond acceptors (Lipinski definition) is 11. The van der Waals surface area contributed by atoms with Crippen molar-refractivity contribution in [1.29, 1.82) is 0 Å². The lowest BCUT2D eigenvalue weighted by atomic mass is 9.68. The van der Waals surface area contributed by atoms with Crippen molar-refractivity contribution in [3.05, 3.63) is 362 Å². The van der Waals surface area contributed by atoms with Crippen LogP contribution in [0.4, 0.5) is 0 Å². The monoisotopic (exact) mass is 2800 g/mol. The summed E-state index contributed by atoms with van der Waals surface area (Å²) < 4.78 is 52.5. The second-order valence-electron chi connectivity index (χ2n) is 37.0. The van der Waals surface area contributed by atoms with E-state index in [-0.39, 0.29) is 67.7 Å². The molecule has 2 saturated heterocycles. The second-order valence-corrected chi connectivity index (χ2v) is 49.8. The molecule has 1 saturated carbocycles. The van der Waals surface area contributed by atoms with E-state index in [1.165, 1.54) is 122 Å². The van der Waals surface area contributed by atoms with Gasteiger partial charge in [-0.1, -0.05) is 308 Å². The van der Waals surface area contributed by atoms with E-state index in [4.69, 9.17) is 13.6 Å². The van der Waals surface area contributed by atoms with Crippen LogP contribution in [-0.4, -0.2) is 141 Å². The Morgan fingerprint density at radius 3 is 0.902 bits per heavy atom. The highest BCUT2D eigenvalue weighted by Crippen LogP contribution is 2.61. The van der Waals surface area contributed by atoms with E-state index < -0.39 is 19.2 Å². The number of halogens is 14. The standard InChI is InChI=1S/C18H18BBr2NO.C17H15Br2N.C17H14Br2O2.C17H16Br2O2.C16H13Br2NO2.C15H13Br2NO.C14H11Br2NO/c1-19(23)22-8-6-18(7-9-22)16-10-12(20)2-4-14(16)15-5-3-13(21)11-17(15)18;18-11-1-3-13-14-4-2-12(19)10-16(14)17(15(13)9-11)5-7-20-8-6-17;18-9-1-3-11-12-4-2-10(19)6-14(12)17(13(11)5-9)7-15(20)16(21)8-17;18-11-1-3-13-14-4-2-12(19)10-16(14)17(5-7-20,6-8-21)15(13)9-11;1-2-21-16(20)9-19-14-7-10(17)3-5-12(14)13-6-4-11(18)8-15(13)19;1-19-7-6-18-14-8-10(16)2-4-12(14)13-5-3-11(17)9-15(13)18;15-9-1-3-11-12-4-2-10(16)8-14(12)17(5-6-18)13(11)7-9/h2-5,10-11,23H,6-9H2,1H3;1-4,9-10,20H,5-8H2;1-6,15-16,20-21H,7-8H2;1-4,9-10,20-21H,5-8H2;3-8H,2,9H2,1H3;2-5,8-9H,6-7H2,1H3;1-4,7-8,18H,5-6H2/t;;15-,16+;;;;/i;;;;;1D3;. The van der Waals surface area contributed by atoms with Crippen molar-refractivity contribution in [1.82, 2.24) is 23.8 Å². The van der Waals surface area contributed by atoms with Crippen molar-refractivity contribution >= 4 is 301 Å². The molecule has 0 bridgehead atoms.